The maximum atomic E-state index is 3.38. The Morgan fingerprint density at radius 2 is 1.60 bits per heavy atom. The Balaban J connectivity index is 0.0000001000. The minimum absolute atomic E-state index is 1.05. The van der Waals surface area contributed by atoms with Gasteiger partial charge in [-0.25, -0.2) is 0 Å². The molecule has 0 N–H and O–H groups in total. The lowest BCUT2D eigenvalue weighted by atomic mass is 10.5. The van der Waals surface area contributed by atoms with Crippen LogP contribution in [-0.4, -0.2) is 9.76 Å². The molecule has 0 spiro atoms. The summed E-state index contributed by atoms with van der Waals surface area (Å²) in [5, 5.41) is 1.23. The highest BCUT2D eigenvalue weighted by Crippen LogP contribution is 2.30. The lowest BCUT2D eigenvalue weighted by Crippen LogP contribution is -1.66. The van der Waals surface area contributed by atoms with Crippen LogP contribution in [0.25, 0.3) is 0 Å². The van der Waals surface area contributed by atoms with Crippen LogP contribution in [0, 0.1) is 11.8 Å². The Kier molecular flexibility index (Phi) is 4.62. The van der Waals surface area contributed by atoms with Crippen molar-refractivity contribution < 1.29 is 0 Å². The average molecular weight is 317 g/mol. The van der Waals surface area contributed by atoms with E-state index in [0.29, 0.717) is 0 Å². The normalized spacial score (nSPS) is 23.4. The Bertz CT molecular complexity index is 75.3. The van der Waals surface area contributed by atoms with Crippen molar-refractivity contribution in [1.29, 1.82) is 0 Å². The Labute approximate surface area is 85.4 Å². The summed E-state index contributed by atoms with van der Waals surface area (Å²) in [6.07, 6.45) is 5.93. The fraction of sp³-hybridized carbons (Fsp3) is 1.00. The van der Waals surface area contributed by atoms with Crippen molar-refractivity contribution >= 4 is 38.5 Å². The lowest BCUT2D eigenvalue weighted by Gasteiger charge is -1.70. The van der Waals surface area contributed by atoms with Gasteiger partial charge in [-0.05, 0) is 37.5 Å². The van der Waals surface area contributed by atoms with E-state index in [4.69, 9.17) is 0 Å². The third kappa shape index (κ3) is 4.94. The van der Waals surface area contributed by atoms with Crippen LogP contribution in [0.2, 0.25) is 0 Å². The van der Waals surface area contributed by atoms with Crippen molar-refractivity contribution in [3.63, 3.8) is 0 Å². The van der Waals surface area contributed by atoms with Gasteiger partial charge in [0.05, 0.1) is 0 Å². The highest BCUT2D eigenvalue weighted by atomic mass is 127. The molecule has 2 rings (SSSR count). The van der Waals surface area contributed by atoms with Gasteiger partial charge in [0, 0.05) is 9.76 Å². The highest BCUT2D eigenvalue weighted by Gasteiger charge is 2.18. The molecule has 0 aromatic heterocycles. The first-order chi connectivity index (χ1) is 4.86. The van der Waals surface area contributed by atoms with E-state index in [0.717, 1.165) is 11.8 Å². The average Bonchev–Trinajstić information content (AvgIpc) is 2.86. The standard InChI is InChI=1S/C4H7Br.C4H7I/c2*5-3-4-1-2-4/h2*4H,1-3H2. The predicted molar refractivity (Wildman–Crippen MR) is 58.1 cm³/mol. The van der Waals surface area contributed by atoms with Crippen LogP contribution < -0.4 is 0 Å². The molecular weight excluding hydrogens is 303 g/mol. The Morgan fingerprint density at radius 1 is 1.10 bits per heavy atom. The number of hydrogen-bond acceptors (Lipinski definition) is 0. The van der Waals surface area contributed by atoms with Gasteiger partial charge in [-0.2, -0.15) is 0 Å². The molecule has 0 saturated heterocycles. The maximum Gasteiger partial charge on any atom is 0.00596 e. The van der Waals surface area contributed by atoms with E-state index >= 15 is 0 Å². The molecule has 2 fully saturated rings. The topological polar surface area (TPSA) is 0 Å². The third-order valence-electron chi connectivity index (χ3n) is 1.83. The number of hydrogen-bond donors (Lipinski definition) is 0. The summed E-state index contributed by atoms with van der Waals surface area (Å²) in [6, 6.07) is 0. The molecule has 0 atom stereocenters. The number of halogens is 2. The second-order valence-electron chi connectivity index (χ2n) is 3.20. The van der Waals surface area contributed by atoms with E-state index in [1.165, 1.54) is 35.4 Å². The summed E-state index contributed by atoms with van der Waals surface area (Å²) >= 11 is 5.82. The van der Waals surface area contributed by atoms with Gasteiger partial charge in [0.1, 0.15) is 0 Å². The van der Waals surface area contributed by atoms with E-state index in [1.807, 2.05) is 0 Å². The quantitative estimate of drug-likeness (QED) is 0.539. The minimum Gasteiger partial charge on any atom is -0.0925 e. The molecule has 0 nitrogen and oxygen atoms in total. The summed E-state index contributed by atoms with van der Waals surface area (Å²) in [7, 11) is 0. The monoisotopic (exact) mass is 316 g/mol. The molecule has 0 amide bonds. The SMILES string of the molecule is BrCC1CC1.ICC1CC1. The molecule has 60 valence electrons. The summed E-state index contributed by atoms with van der Waals surface area (Å²) < 4.78 is 1.39. The van der Waals surface area contributed by atoms with Crippen LogP contribution in [0.1, 0.15) is 25.7 Å². The fourth-order valence-corrected chi connectivity index (χ4v) is 2.07. The van der Waals surface area contributed by atoms with Crippen LogP contribution in [0.3, 0.4) is 0 Å². The smallest absolute Gasteiger partial charge is 0.00596 e. The fourth-order valence-electron chi connectivity index (χ4n) is 0.544. The summed E-state index contributed by atoms with van der Waals surface area (Å²) in [5.41, 5.74) is 0. The molecule has 10 heavy (non-hydrogen) atoms. The van der Waals surface area contributed by atoms with Crippen molar-refractivity contribution in [3.05, 3.63) is 0 Å². The second-order valence-corrected chi connectivity index (χ2v) is 4.72. The van der Waals surface area contributed by atoms with Crippen molar-refractivity contribution in [2.24, 2.45) is 11.8 Å². The molecule has 2 aliphatic carbocycles. The van der Waals surface area contributed by atoms with Gasteiger partial charge in [-0.15, -0.1) is 0 Å². The highest BCUT2D eigenvalue weighted by molar-refractivity contribution is 14.1. The molecular formula is C8H14BrI. The van der Waals surface area contributed by atoms with Crippen LogP contribution in [-0.2, 0) is 0 Å². The summed E-state index contributed by atoms with van der Waals surface area (Å²) in [5.74, 6) is 2.17. The van der Waals surface area contributed by atoms with Crippen molar-refractivity contribution in [2.45, 2.75) is 25.7 Å². The molecule has 0 aromatic rings. The molecule has 0 bridgehead atoms. The zero-order chi connectivity index (χ0) is 7.40. The van der Waals surface area contributed by atoms with Gasteiger partial charge < -0.3 is 0 Å². The van der Waals surface area contributed by atoms with E-state index in [1.54, 1.807) is 0 Å². The molecule has 0 unspecified atom stereocenters. The molecule has 0 aliphatic heterocycles. The zero-order valence-corrected chi connectivity index (χ0v) is 9.90. The van der Waals surface area contributed by atoms with Crippen molar-refractivity contribution in [3.8, 4) is 0 Å². The largest absolute Gasteiger partial charge is 0.0925 e. The van der Waals surface area contributed by atoms with E-state index in [9.17, 15) is 0 Å². The van der Waals surface area contributed by atoms with Gasteiger partial charge in [0.15, 0.2) is 0 Å². The van der Waals surface area contributed by atoms with Crippen molar-refractivity contribution in [2.75, 3.05) is 9.76 Å². The summed E-state index contributed by atoms with van der Waals surface area (Å²) in [6.45, 7) is 0. The van der Waals surface area contributed by atoms with Crippen LogP contribution in [0.5, 0.6) is 0 Å². The van der Waals surface area contributed by atoms with Crippen molar-refractivity contribution in [1.82, 2.24) is 0 Å². The minimum atomic E-state index is 1.05. The lowest BCUT2D eigenvalue weighted by molar-refractivity contribution is 1.01. The zero-order valence-electron chi connectivity index (χ0n) is 6.15. The van der Waals surface area contributed by atoms with Crippen LogP contribution >= 0.6 is 38.5 Å². The molecule has 0 heterocycles. The maximum absolute atomic E-state index is 3.38. The predicted octanol–water partition coefficient (Wildman–Crippen LogP) is 3.62. The van der Waals surface area contributed by atoms with Gasteiger partial charge in [0.25, 0.3) is 0 Å². The van der Waals surface area contributed by atoms with Gasteiger partial charge in [0.2, 0.25) is 0 Å². The first kappa shape index (κ1) is 9.30. The third-order valence-corrected chi connectivity index (χ3v) is 3.99. The Morgan fingerprint density at radius 3 is 1.60 bits per heavy atom. The molecule has 2 aliphatic rings. The molecule has 2 saturated carbocycles. The molecule has 0 aromatic carbocycles. The van der Waals surface area contributed by atoms with Gasteiger partial charge >= 0.3 is 0 Å². The molecule has 2 heteroatoms. The van der Waals surface area contributed by atoms with Gasteiger partial charge in [-0.3, -0.25) is 0 Å². The first-order valence-corrected chi connectivity index (χ1v) is 6.63. The van der Waals surface area contributed by atoms with Crippen LogP contribution in [0.15, 0.2) is 0 Å². The van der Waals surface area contributed by atoms with Crippen LogP contribution in [0.4, 0.5) is 0 Å². The van der Waals surface area contributed by atoms with E-state index < -0.39 is 0 Å². The molecule has 0 radical (unpaired) electrons. The summed E-state index contributed by atoms with van der Waals surface area (Å²) in [4.78, 5) is 0. The van der Waals surface area contributed by atoms with E-state index in [-0.39, 0.29) is 0 Å². The Hall–Kier alpha value is 1.21. The van der Waals surface area contributed by atoms with Gasteiger partial charge in [-0.1, -0.05) is 38.5 Å². The van der Waals surface area contributed by atoms with E-state index in [2.05, 4.69) is 38.5 Å². The number of rotatable bonds is 2. The first-order valence-electron chi connectivity index (χ1n) is 3.98. The number of alkyl halides is 2. The second kappa shape index (κ2) is 4.96.